The summed E-state index contributed by atoms with van der Waals surface area (Å²) >= 11 is 6.01. The Morgan fingerprint density at radius 2 is 1.80 bits per heavy atom. The monoisotopic (exact) mass is 290 g/mol. The van der Waals surface area contributed by atoms with Crippen molar-refractivity contribution < 1.29 is 14.7 Å². The molecule has 0 radical (unpaired) electrons. The lowest BCUT2D eigenvalue weighted by molar-refractivity contribution is 0.0690. The molecule has 1 aromatic carbocycles. The fourth-order valence-electron chi connectivity index (χ4n) is 1.65. The number of hydrogen-bond acceptors (Lipinski definition) is 3. The molecule has 1 aromatic heterocycles. The van der Waals surface area contributed by atoms with Crippen molar-refractivity contribution >= 4 is 29.2 Å². The van der Waals surface area contributed by atoms with E-state index in [0.29, 0.717) is 10.7 Å². The van der Waals surface area contributed by atoms with Gasteiger partial charge >= 0.3 is 5.97 Å². The number of anilines is 1. The van der Waals surface area contributed by atoms with E-state index in [2.05, 4.69) is 10.3 Å². The van der Waals surface area contributed by atoms with Crippen molar-refractivity contribution in [2.45, 2.75) is 6.92 Å². The molecule has 0 bridgehead atoms. The number of nitrogens with zero attached hydrogens (tertiary/aromatic N) is 1. The zero-order valence-corrected chi connectivity index (χ0v) is 11.3. The highest BCUT2D eigenvalue weighted by Crippen LogP contribution is 2.25. The van der Waals surface area contributed by atoms with Crippen LogP contribution in [-0.2, 0) is 0 Å². The van der Waals surface area contributed by atoms with Crippen molar-refractivity contribution in [1.29, 1.82) is 0 Å². The van der Waals surface area contributed by atoms with Crippen molar-refractivity contribution in [3.8, 4) is 0 Å². The van der Waals surface area contributed by atoms with E-state index in [1.807, 2.05) is 13.0 Å². The molecule has 2 rings (SSSR count). The Hall–Kier alpha value is -2.40. The van der Waals surface area contributed by atoms with E-state index < -0.39 is 11.9 Å². The summed E-state index contributed by atoms with van der Waals surface area (Å²) in [6.07, 6.45) is 0. The quantitative estimate of drug-likeness (QED) is 0.911. The highest BCUT2D eigenvalue weighted by molar-refractivity contribution is 6.34. The number of pyridine rings is 1. The predicted octanol–water partition coefficient (Wildman–Crippen LogP) is 2.99. The molecule has 0 saturated heterocycles. The number of carboxylic acid groups (broad SMARTS) is 1. The smallest absolute Gasteiger partial charge is 0.354 e. The number of carbonyl (C=O) groups is 2. The van der Waals surface area contributed by atoms with Gasteiger partial charge in [0.25, 0.3) is 5.91 Å². The molecule has 6 heteroatoms. The number of carbonyl (C=O) groups excluding carboxylic acids is 1. The van der Waals surface area contributed by atoms with Crippen LogP contribution in [0.2, 0.25) is 5.02 Å². The van der Waals surface area contributed by atoms with Crippen molar-refractivity contribution in [3.05, 3.63) is 58.4 Å². The molecule has 102 valence electrons. The summed E-state index contributed by atoms with van der Waals surface area (Å²) in [5, 5.41) is 11.9. The number of carboxylic acids is 1. The lowest BCUT2D eigenvalue weighted by Crippen LogP contribution is -2.16. The zero-order chi connectivity index (χ0) is 14.7. The van der Waals surface area contributed by atoms with Gasteiger partial charge in [-0.05, 0) is 30.7 Å². The van der Waals surface area contributed by atoms with Crippen molar-refractivity contribution in [2.75, 3.05) is 5.32 Å². The van der Waals surface area contributed by atoms with Crippen molar-refractivity contribution in [3.63, 3.8) is 0 Å². The Morgan fingerprint density at radius 3 is 2.45 bits per heavy atom. The summed E-state index contributed by atoms with van der Waals surface area (Å²) in [4.78, 5) is 26.7. The number of rotatable bonds is 3. The van der Waals surface area contributed by atoms with Gasteiger partial charge in [0.1, 0.15) is 11.4 Å². The fourth-order valence-corrected chi connectivity index (χ4v) is 1.92. The average molecular weight is 291 g/mol. The van der Waals surface area contributed by atoms with Crippen LogP contribution in [0.4, 0.5) is 5.69 Å². The molecule has 5 nitrogen and oxygen atoms in total. The zero-order valence-electron chi connectivity index (χ0n) is 10.6. The Morgan fingerprint density at radius 1 is 1.15 bits per heavy atom. The molecule has 20 heavy (non-hydrogen) atoms. The lowest BCUT2D eigenvalue weighted by atomic mass is 10.2. The van der Waals surface area contributed by atoms with Gasteiger partial charge in [0.05, 0.1) is 10.7 Å². The van der Waals surface area contributed by atoms with Crippen LogP contribution in [0.1, 0.15) is 26.5 Å². The number of aromatic nitrogens is 1. The van der Waals surface area contributed by atoms with Crippen molar-refractivity contribution in [1.82, 2.24) is 4.98 Å². The lowest BCUT2D eigenvalue weighted by Gasteiger charge is -2.10. The van der Waals surface area contributed by atoms with Gasteiger partial charge in [-0.25, -0.2) is 9.78 Å². The second-order valence-corrected chi connectivity index (χ2v) is 4.51. The van der Waals surface area contributed by atoms with E-state index in [0.717, 1.165) is 5.56 Å². The first-order chi connectivity index (χ1) is 9.49. The number of halogens is 1. The fraction of sp³-hybridized carbons (Fsp3) is 0.0714. The van der Waals surface area contributed by atoms with E-state index >= 15 is 0 Å². The van der Waals surface area contributed by atoms with Crippen LogP contribution in [0.15, 0.2) is 36.4 Å². The topological polar surface area (TPSA) is 79.3 Å². The molecule has 1 amide bonds. The summed E-state index contributed by atoms with van der Waals surface area (Å²) < 4.78 is 0. The minimum Gasteiger partial charge on any atom is -0.477 e. The Balaban J connectivity index is 2.29. The molecule has 2 N–H and O–H groups in total. The van der Waals surface area contributed by atoms with Crippen LogP contribution in [0.5, 0.6) is 0 Å². The molecular formula is C14H11ClN2O3. The molecule has 1 heterocycles. The first-order valence-corrected chi connectivity index (χ1v) is 6.13. The Labute approximate surface area is 120 Å². The number of hydrogen-bond donors (Lipinski definition) is 2. The number of aromatic carboxylic acids is 1. The molecule has 0 atom stereocenters. The standard InChI is InChI=1S/C14H11ClN2O3/c1-8-4-2-5-9(15)12(8)17-13(18)10-6-3-7-11(16-10)14(19)20/h2-7H,1H3,(H,17,18)(H,19,20). The molecule has 0 unspecified atom stereocenters. The van der Waals surface area contributed by atoms with Gasteiger partial charge < -0.3 is 10.4 Å². The number of aryl methyl sites for hydroxylation is 1. The molecule has 0 aliphatic heterocycles. The van der Waals surface area contributed by atoms with Gasteiger partial charge in [-0.1, -0.05) is 29.8 Å². The number of benzene rings is 1. The molecule has 0 fully saturated rings. The highest BCUT2D eigenvalue weighted by Gasteiger charge is 2.13. The largest absolute Gasteiger partial charge is 0.477 e. The van der Waals surface area contributed by atoms with E-state index in [4.69, 9.17) is 16.7 Å². The van der Waals surface area contributed by atoms with Crippen LogP contribution in [-0.4, -0.2) is 22.0 Å². The molecule has 0 aliphatic rings. The van der Waals surface area contributed by atoms with E-state index in [9.17, 15) is 9.59 Å². The highest BCUT2D eigenvalue weighted by atomic mass is 35.5. The Kier molecular flexibility index (Phi) is 4.00. The molecule has 0 aliphatic carbocycles. The molecule has 0 spiro atoms. The first-order valence-electron chi connectivity index (χ1n) is 5.76. The number of nitrogens with one attached hydrogen (secondary N) is 1. The summed E-state index contributed by atoms with van der Waals surface area (Å²) in [6.45, 7) is 1.81. The van der Waals surface area contributed by atoms with E-state index in [1.165, 1.54) is 18.2 Å². The van der Waals surface area contributed by atoms with Gasteiger partial charge in [-0.3, -0.25) is 4.79 Å². The summed E-state index contributed by atoms with van der Waals surface area (Å²) in [6, 6.07) is 9.46. The van der Waals surface area contributed by atoms with Gasteiger partial charge in [-0.15, -0.1) is 0 Å². The number of para-hydroxylation sites is 1. The SMILES string of the molecule is Cc1cccc(Cl)c1NC(=O)c1cccc(C(=O)O)n1. The maximum Gasteiger partial charge on any atom is 0.354 e. The third kappa shape index (κ3) is 2.95. The van der Waals surface area contributed by atoms with E-state index in [-0.39, 0.29) is 11.4 Å². The van der Waals surface area contributed by atoms with Gasteiger partial charge in [0.15, 0.2) is 0 Å². The minimum atomic E-state index is -1.19. The van der Waals surface area contributed by atoms with Gasteiger partial charge in [0, 0.05) is 0 Å². The second-order valence-electron chi connectivity index (χ2n) is 4.10. The number of amides is 1. The molecule has 2 aromatic rings. The van der Waals surface area contributed by atoms with Crippen LogP contribution >= 0.6 is 11.6 Å². The van der Waals surface area contributed by atoms with Crippen LogP contribution in [0.3, 0.4) is 0 Å². The normalized spacial score (nSPS) is 10.1. The first kappa shape index (κ1) is 14.0. The minimum absolute atomic E-state index is 0.0178. The van der Waals surface area contributed by atoms with Gasteiger partial charge in [0.2, 0.25) is 0 Å². The van der Waals surface area contributed by atoms with Gasteiger partial charge in [-0.2, -0.15) is 0 Å². The Bertz CT molecular complexity index is 666. The van der Waals surface area contributed by atoms with Crippen LogP contribution < -0.4 is 5.32 Å². The molecular weight excluding hydrogens is 280 g/mol. The third-order valence-corrected chi connectivity index (χ3v) is 2.98. The summed E-state index contributed by atoms with van der Waals surface area (Å²) in [5.41, 5.74) is 1.12. The summed E-state index contributed by atoms with van der Waals surface area (Å²) in [5.74, 6) is -1.70. The summed E-state index contributed by atoms with van der Waals surface area (Å²) in [7, 11) is 0. The maximum atomic E-state index is 12.1. The van der Waals surface area contributed by atoms with Crippen LogP contribution in [0, 0.1) is 6.92 Å². The predicted molar refractivity (Wildman–Crippen MR) is 75.3 cm³/mol. The maximum absolute atomic E-state index is 12.1. The van der Waals surface area contributed by atoms with Crippen molar-refractivity contribution in [2.24, 2.45) is 0 Å². The average Bonchev–Trinajstić information content (AvgIpc) is 2.43. The van der Waals surface area contributed by atoms with Crippen LogP contribution in [0.25, 0.3) is 0 Å². The second kappa shape index (κ2) is 5.71. The van der Waals surface area contributed by atoms with E-state index in [1.54, 1.807) is 12.1 Å². The molecule has 0 saturated carbocycles. The third-order valence-electron chi connectivity index (χ3n) is 2.66.